The van der Waals surface area contributed by atoms with Gasteiger partial charge in [-0.15, -0.1) is 0 Å². The van der Waals surface area contributed by atoms with Crippen molar-refractivity contribution in [1.29, 1.82) is 0 Å². The summed E-state index contributed by atoms with van der Waals surface area (Å²) in [6.07, 6.45) is 0.362. The molecule has 3 fully saturated rings. The summed E-state index contributed by atoms with van der Waals surface area (Å²) in [6.45, 7) is 6.28. The third-order valence-electron chi connectivity index (χ3n) is 4.14. The molecule has 0 radical (unpaired) electrons. The smallest absolute Gasteiger partial charge is 0.164 e. The maximum Gasteiger partial charge on any atom is 0.164 e. The fourth-order valence-corrected chi connectivity index (χ4v) is 3.05. The molecule has 0 heterocycles. The van der Waals surface area contributed by atoms with Crippen LogP contribution in [0.4, 0.5) is 0 Å². The van der Waals surface area contributed by atoms with Crippen molar-refractivity contribution in [3.63, 3.8) is 0 Å². The second-order valence-electron chi connectivity index (χ2n) is 4.91. The van der Waals surface area contributed by atoms with E-state index in [0.717, 1.165) is 6.42 Å². The van der Waals surface area contributed by atoms with Crippen LogP contribution in [0.25, 0.3) is 0 Å². The molecule has 2 nitrogen and oxygen atoms in total. The van der Waals surface area contributed by atoms with Crippen LogP contribution in [0.3, 0.4) is 0 Å². The highest BCUT2D eigenvalue weighted by atomic mass is 16.3. The van der Waals surface area contributed by atoms with E-state index in [2.05, 4.69) is 13.8 Å². The molecule has 12 heavy (non-hydrogen) atoms. The van der Waals surface area contributed by atoms with Crippen LogP contribution in [0.5, 0.6) is 0 Å². The molecule has 0 spiro atoms. The minimum absolute atomic E-state index is 0.0653. The Morgan fingerprint density at radius 2 is 2.00 bits per heavy atom. The molecule has 0 aromatic heterocycles. The summed E-state index contributed by atoms with van der Waals surface area (Å²) in [5.41, 5.74) is 0.187. The number of aliphatic hydroxyl groups is 1. The van der Waals surface area contributed by atoms with Crippen molar-refractivity contribution in [3.8, 4) is 0 Å². The molecule has 68 valence electrons. The number of carbonyl (C=O) groups excluding carboxylic acids is 1. The van der Waals surface area contributed by atoms with Crippen molar-refractivity contribution in [2.75, 3.05) is 0 Å². The zero-order valence-electron chi connectivity index (χ0n) is 7.87. The first kappa shape index (κ1) is 8.24. The zero-order valence-corrected chi connectivity index (χ0v) is 7.87. The number of rotatable bonds is 0. The average Bonchev–Trinajstić information content (AvgIpc) is 1.98. The molecular formula is C10H16O2. The van der Waals surface area contributed by atoms with Gasteiger partial charge in [-0.2, -0.15) is 0 Å². The van der Waals surface area contributed by atoms with Crippen molar-refractivity contribution in [2.45, 2.75) is 33.3 Å². The van der Waals surface area contributed by atoms with E-state index in [4.69, 9.17) is 0 Å². The molecule has 0 aliphatic heterocycles. The fraction of sp³-hybridized carbons (Fsp3) is 0.900. The Balaban J connectivity index is 2.30. The lowest BCUT2D eigenvalue weighted by Gasteiger charge is -2.60. The van der Waals surface area contributed by atoms with Crippen LogP contribution >= 0.6 is 0 Å². The third kappa shape index (κ3) is 0.717. The molecule has 1 N–H and O–H groups in total. The molecule has 4 atom stereocenters. The Hall–Kier alpha value is -0.370. The summed E-state index contributed by atoms with van der Waals surface area (Å²) in [7, 11) is 0. The predicted octanol–water partition coefficient (Wildman–Crippen LogP) is 1.23. The molecule has 2 bridgehead atoms. The van der Waals surface area contributed by atoms with Gasteiger partial charge in [0, 0.05) is 5.92 Å². The summed E-state index contributed by atoms with van der Waals surface area (Å²) in [5, 5.41) is 9.64. The van der Waals surface area contributed by atoms with Crippen molar-refractivity contribution in [3.05, 3.63) is 0 Å². The fourth-order valence-electron chi connectivity index (χ4n) is 3.05. The molecule has 0 unspecified atom stereocenters. The highest BCUT2D eigenvalue weighted by Crippen LogP contribution is 2.59. The predicted molar refractivity (Wildman–Crippen MR) is 45.6 cm³/mol. The molecule has 0 aromatic carbocycles. The molecule has 3 aliphatic rings. The van der Waals surface area contributed by atoms with E-state index >= 15 is 0 Å². The summed E-state index contributed by atoms with van der Waals surface area (Å²) >= 11 is 0. The van der Waals surface area contributed by atoms with Gasteiger partial charge >= 0.3 is 0 Å². The van der Waals surface area contributed by atoms with E-state index in [1.165, 1.54) is 0 Å². The Kier molecular flexibility index (Phi) is 1.45. The number of aliphatic hydroxyl groups excluding tert-OH is 1. The number of ketones is 1. The summed E-state index contributed by atoms with van der Waals surface area (Å²) in [5.74, 6) is 0.875. The quantitative estimate of drug-likeness (QED) is 0.590. The van der Waals surface area contributed by atoms with Crippen LogP contribution in [0, 0.1) is 23.2 Å². The van der Waals surface area contributed by atoms with Gasteiger partial charge < -0.3 is 5.11 Å². The molecule has 0 amide bonds. The van der Waals surface area contributed by atoms with Gasteiger partial charge in [0.1, 0.15) is 6.10 Å². The van der Waals surface area contributed by atoms with E-state index in [0.29, 0.717) is 5.92 Å². The first-order valence-electron chi connectivity index (χ1n) is 4.68. The second kappa shape index (κ2) is 2.11. The van der Waals surface area contributed by atoms with E-state index in [9.17, 15) is 9.90 Å². The summed E-state index contributed by atoms with van der Waals surface area (Å²) < 4.78 is 0. The minimum Gasteiger partial charge on any atom is -0.385 e. The van der Waals surface area contributed by atoms with Crippen molar-refractivity contribution in [2.24, 2.45) is 23.2 Å². The highest BCUT2D eigenvalue weighted by Gasteiger charge is 2.60. The molecule has 2 heteroatoms. The number of fused-ring (bicyclic) bond motifs is 2. The van der Waals surface area contributed by atoms with Crippen molar-refractivity contribution < 1.29 is 9.90 Å². The van der Waals surface area contributed by atoms with Crippen molar-refractivity contribution in [1.82, 2.24) is 0 Å². The van der Waals surface area contributed by atoms with Crippen LogP contribution in [-0.2, 0) is 4.79 Å². The van der Waals surface area contributed by atoms with E-state index in [1.54, 1.807) is 0 Å². The maximum absolute atomic E-state index is 11.4. The summed E-state index contributed by atoms with van der Waals surface area (Å²) in [6, 6.07) is 0. The minimum atomic E-state index is -0.681. The second-order valence-corrected chi connectivity index (χ2v) is 4.91. The van der Waals surface area contributed by atoms with Crippen molar-refractivity contribution >= 4 is 5.78 Å². The summed E-state index contributed by atoms with van der Waals surface area (Å²) in [4.78, 5) is 11.4. The number of Topliss-reactive ketones (excluding diaryl/α,β-unsaturated/α-hetero) is 1. The lowest BCUT2D eigenvalue weighted by atomic mass is 9.44. The Morgan fingerprint density at radius 1 is 1.42 bits per heavy atom. The van der Waals surface area contributed by atoms with Crippen LogP contribution in [0.2, 0.25) is 0 Å². The molecule has 0 saturated heterocycles. The van der Waals surface area contributed by atoms with Gasteiger partial charge in [-0.1, -0.05) is 20.8 Å². The Labute approximate surface area is 73.0 Å². The van der Waals surface area contributed by atoms with Crippen LogP contribution < -0.4 is 0 Å². The van der Waals surface area contributed by atoms with Gasteiger partial charge in [-0.3, -0.25) is 4.79 Å². The first-order chi connectivity index (χ1) is 5.46. The monoisotopic (exact) mass is 168 g/mol. The van der Waals surface area contributed by atoms with Crippen LogP contribution in [0.15, 0.2) is 0 Å². The molecule has 0 aromatic rings. The van der Waals surface area contributed by atoms with Gasteiger partial charge in [-0.25, -0.2) is 0 Å². The van der Waals surface area contributed by atoms with Gasteiger partial charge in [0.2, 0.25) is 0 Å². The van der Waals surface area contributed by atoms with Crippen LogP contribution in [0.1, 0.15) is 27.2 Å². The topological polar surface area (TPSA) is 37.3 Å². The number of carbonyl (C=O) groups is 1. The van der Waals surface area contributed by atoms with Gasteiger partial charge in [0.05, 0.1) is 0 Å². The van der Waals surface area contributed by atoms with Gasteiger partial charge in [-0.05, 0) is 23.7 Å². The molecule has 3 saturated carbocycles. The zero-order chi connectivity index (χ0) is 9.09. The molecular weight excluding hydrogens is 152 g/mol. The Bertz CT molecular complexity index is 212. The SMILES string of the molecule is C[C@H]1C(=O)[C@H](O)[C@H]2C[C@@H]1C2(C)C. The van der Waals surface area contributed by atoms with E-state index in [1.807, 2.05) is 6.92 Å². The van der Waals surface area contributed by atoms with E-state index < -0.39 is 6.10 Å². The average molecular weight is 168 g/mol. The lowest BCUT2D eigenvalue weighted by Crippen LogP contribution is -2.62. The third-order valence-corrected chi connectivity index (χ3v) is 4.14. The number of hydrogen-bond acceptors (Lipinski definition) is 2. The van der Waals surface area contributed by atoms with E-state index in [-0.39, 0.29) is 23.0 Å². The normalized spacial score (nSPS) is 50.2. The van der Waals surface area contributed by atoms with Crippen LogP contribution in [-0.4, -0.2) is 17.0 Å². The largest absolute Gasteiger partial charge is 0.385 e. The van der Waals surface area contributed by atoms with Gasteiger partial charge in [0.25, 0.3) is 0 Å². The number of hydrogen-bond donors (Lipinski definition) is 1. The molecule has 3 aliphatic carbocycles. The lowest BCUT2D eigenvalue weighted by molar-refractivity contribution is -0.182. The maximum atomic E-state index is 11.4. The Morgan fingerprint density at radius 3 is 2.42 bits per heavy atom. The first-order valence-corrected chi connectivity index (χ1v) is 4.68. The molecule has 3 rings (SSSR count). The highest BCUT2D eigenvalue weighted by molar-refractivity contribution is 5.87. The van der Waals surface area contributed by atoms with Gasteiger partial charge in [0.15, 0.2) is 5.78 Å². The standard InChI is InChI=1S/C10H16O2/c1-5-6-4-7(10(6,2)3)9(12)8(5)11/h5-7,9,12H,4H2,1-3H3/t5-,6+,7-,9-/m1/s1.